The van der Waals surface area contributed by atoms with Crippen LogP contribution in [0.25, 0.3) is 0 Å². The molecule has 0 saturated heterocycles. The van der Waals surface area contributed by atoms with Crippen LogP contribution in [0.15, 0.2) is 89.8 Å². The van der Waals surface area contributed by atoms with Gasteiger partial charge in [0.15, 0.2) is 0 Å². The van der Waals surface area contributed by atoms with E-state index in [9.17, 15) is 28.2 Å². The van der Waals surface area contributed by atoms with Crippen molar-refractivity contribution in [2.75, 3.05) is 20.3 Å². The molecule has 3 atom stereocenters. The lowest BCUT2D eigenvalue weighted by Gasteiger charge is -2.30. The van der Waals surface area contributed by atoms with Crippen LogP contribution in [-0.2, 0) is 26.2 Å². The number of hydrogen-bond donors (Lipinski definition) is 4. The Kier molecular flexibility index (Phi) is 14.0. The first-order valence-corrected chi connectivity index (χ1v) is 16.7. The zero-order valence-electron chi connectivity index (χ0n) is 26.1. The number of nitrogens with zero attached hydrogens (tertiary/aromatic N) is 1. The van der Waals surface area contributed by atoms with E-state index < -0.39 is 34.1 Å². The second-order valence-corrected chi connectivity index (χ2v) is 12.9. The maximum Gasteiger partial charge on any atom is 0.407 e. The molecule has 0 aliphatic heterocycles. The lowest BCUT2D eigenvalue weighted by molar-refractivity contribution is -0.124. The standard InChI is InChI=1S/C34H45N3O7S/c1-4-22-37(45(42,43)30-20-18-26(23-38)19-21-30)29(24-39)17-11-12-25(2)35-33(40)32(36-34(41)44-3)31(27-13-7-5-8-14-27)28-15-9-6-10-16-28/h5-10,13-16,18-21,25,29,31-32,38-39H,4,11-12,17,22-24H2,1-3H3,(H,35,40)(H,36,41)/t25?,29-,32-/m0/s1. The third-order valence-corrected chi connectivity index (χ3v) is 9.70. The minimum absolute atomic E-state index is 0.0998. The van der Waals surface area contributed by atoms with Gasteiger partial charge in [0.25, 0.3) is 0 Å². The predicted octanol–water partition coefficient (Wildman–Crippen LogP) is 4.17. The van der Waals surface area contributed by atoms with Gasteiger partial charge in [-0.2, -0.15) is 4.31 Å². The van der Waals surface area contributed by atoms with Crippen LogP contribution in [0.1, 0.15) is 62.1 Å². The normalized spacial score (nSPS) is 13.7. The van der Waals surface area contributed by atoms with Crippen molar-refractivity contribution >= 4 is 22.0 Å². The highest BCUT2D eigenvalue weighted by atomic mass is 32.2. The van der Waals surface area contributed by atoms with E-state index >= 15 is 0 Å². The summed E-state index contributed by atoms with van der Waals surface area (Å²) >= 11 is 0. The Morgan fingerprint density at radius 2 is 1.44 bits per heavy atom. The Morgan fingerprint density at radius 3 is 1.93 bits per heavy atom. The second-order valence-electron chi connectivity index (χ2n) is 11.0. The van der Waals surface area contributed by atoms with Crippen molar-refractivity contribution in [2.45, 2.75) is 75.1 Å². The second kappa shape index (κ2) is 17.6. The quantitative estimate of drug-likeness (QED) is 0.174. The van der Waals surface area contributed by atoms with Gasteiger partial charge >= 0.3 is 6.09 Å². The summed E-state index contributed by atoms with van der Waals surface area (Å²) in [5.41, 5.74) is 2.30. The van der Waals surface area contributed by atoms with Crippen molar-refractivity contribution in [2.24, 2.45) is 0 Å². The molecule has 0 aliphatic carbocycles. The highest BCUT2D eigenvalue weighted by molar-refractivity contribution is 7.89. The van der Waals surface area contributed by atoms with Crippen LogP contribution in [0.2, 0.25) is 0 Å². The molecule has 2 amide bonds. The van der Waals surface area contributed by atoms with Crippen molar-refractivity contribution in [3.05, 3.63) is 102 Å². The summed E-state index contributed by atoms with van der Waals surface area (Å²) in [4.78, 5) is 26.2. The summed E-state index contributed by atoms with van der Waals surface area (Å²) in [6.45, 7) is 3.43. The average Bonchev–Trinajstić information content (AvgIpc) is 3.06. The maximum absolute atomic E-state index is 13.7. The van der Waals surface area contributed by atoms with Gasteiger partial charge in [-0.3, -0.25) is 4.79 Å². The van der Waals surface area contributed by atoms with Crippen LogP contribution in [-0.4, -0.2) is 73.3 Å². The number of carbonyl (C=O) groups is 2. The first-order chi connectivity index (χ1) is 21.7. The fourth-order valence-electron chi connectivity index (χ4n) is 5.40. The van der Waals surface area contributed by atoms with Crippen LogP contribution in [0, 0.1) is 0 Å². The highest BCUT2D eigenvalue weighted by Crippen LogP contribution is 2.29. The number of amides is 2. The SMILES string of the molecule is CCCN([C@H](CO)CCCC(C)NC(=O)[C@@H](NC(=O)OC)C(c1ccccc1)c1ccccc1)S(=O)(=O)c1ccc(CO)cc1. The number of nitrogens with one attached hydrogen (secondary N) is 2. The molecular weight excluding hydrogens is 594 g/mol. The molecule has 3 aromatic rings. The Hall–Kier alpha value is -3.77. The van der Waals surface area contributed by atoms with Crippen LogP contribution in [0.3, 0.4) is 0 Å². The zero-order chi connectivity index (χ0) is 32.8. The summed E-state index contributed by atoms with van der Waals surface area (Å²) < 4.78 is 33.2. The lowest BCUT2D eigenvalue weighted by Crippen LogP contribution is -2.52. The fourth-order valence-corrected chi connectivity index (χ4v) is 7.13. The van der Waals surface area contributed by atoms with Crippen molar-refractivity contribution in [3.8, 4) is 0 Å². The summed E-state index contributed by atoms with van der Waals surface area (Å²) in [6, 6.07) is 23.1. The van der Waals surface area contributed by atoms with Gasteiger partial charge < -0.3 is 25.6 Å². The fraction of sp³-hybridized carbons (Fsp3) is 0.412. The smallest absolute Gasteiger partial charge is 0.407 e. The van der Waals surface area contributed by atoms with Gasteiger partial charge in [-0.15, -0.1) is 0 Å². The molecule has 0 fully saturated rings. The molecule has 0 radical (unpaired) electrons. The third kappa shape index (κ3) is 9.86. The van der Waals surface area contributed by atoms with Crippen molar-refractivity contribution < 1.29 is 33.0 Å². The van der Waals surface area contributed by atoms with E-state index in [1.54, 1.807) is 12.1 Å². The summed E-state index contributed by atoms with van der Waals surface area (Å²) in [6.07, 6.45) is 1.26. The molecule has 45 heavy (non-hydrogen) atoms. The van der Waals surface area contributed by atoms with E-state index in [0.29, 0.717) is 31.2 Å². The van der Waals surface area contributed by atoms with Crippen LogP contribution >= 0.6 is 0 Å². The van der Waals surface area contributed by atoms with Gasteiger partial charge in [0, 0.05) is 24.5 Å². The zero-order valence-corrected chi connectivity index (χ0v) is 26.9. The number of alkyl carbamates (subject to hydrolysis) is 1. The number of methoxy groups -OCH3 is 1. The first kappa shape index (κ1) is 35.7. The molecule has 0 bridgehead atoms. The third-order valence-electron chi connectivity index (χ3n) is 7.73. The molecule has 0 spiro atoms. The van der Waals surface area contributed by atoms with Gasteiger partial charge in [-0.05, 0) is 61.4 Å². The van der Waals surface area contributed by atoms with Crippen molar-refractivity contribution in [1.82, 2.24) is 14.9 Å². The molecule has 3 rings (SSSR count). The molecule has 3 aromatic carbocycles. The number of ether oxygens (including phenoxy) is 1. The molecule has 11 heteroatoms. The van der Waals surface area contributed by atoms with E-state index in [-0.39, 0.29) is 36.6 Å². The number of aliphatic hydroxyl groups is 2. The van der Waals surface area contributed by atoms with Crippen molar-refractivity contribution in [1.29, 1.82) is 0 Å². The van der Waals surface area contributed by atoms with Gasteiger partial charge in [0.2, 0.25) is 15.9 Å². The Morgan fingerprint density at radius 1 is 0.867 bits per heavy atom. The number of sulfonamides is 1. The van der Waals surface area contributed by atoms with E-state index in [2.05, 4.69) is 10.6 Å². The van der Waals surface area contributed by atoms with Gasteiger partial charge in [-0.25, -0.2) is 13.2 Å². The molecule has 1 unspecified atom stereocenters. The maximum atomic E-state index is 13.7. The Bertz CT molecular complexity index is 1400. The molecule has 0 aromatic heterocycles. The van der Waals surface area contributed by atoms with Gasteiger partial charge in [-0.1, -0.05) is 79.7 Å². The Labute approximate surface area is 266 Å². The summed E-state index contributed by atoms with van der Waals surface area (Å²) in [7, 11) is -2.64. The highest BCUT2D eigenvalue weighted by Gasteiger charge is 2.34. The van der Waals surface area contributed by atoms with Crippen LogP contribution in [0.5, 0.6) is 0 Å². The molecule has 0 saturated carbocycles. The lowest BCUT2D eigenvalue weighted by atomic mass is 9.84. The molecule has 10 nitrogen and oxygen atoms in total. The molecule has 4 N–H and O–H groups in total. The molecule has 0 heterocycles. The monoisotopic (exact) mass is 639 g/mol. The average molecular weight is 640 g/mol. The largest absolute Gasteiger partial charge is 0.453 e. The summed E-state index contributed by atoms with van der Waals surface area (Å²) in [5, 5.41) is 25.3. The minimum Gasteiger partial charge on any atom is -0.453 e. The molecule has 244 valence electrons. The number of benzene rings is 3. The van der Waals surface area contributed by atoms with Crippen LogP contribution < -0.4 is 10.6 Å². The number of aliphatic hydroxyl groups excluding tert-OH is 2. The number of carbonyl (C=O) groups excluding carboxylic acids is 2. The summed E-state index contributed by atoms with van der Waals surface area (Å²) in [5.74, 6) is -0.873. The van der Waals surface area contributed by atoms with E-state index in [1.165, 1.54) is 23.5 Å². The van der Waals surface area contributed by atoms with E-state index in [4.69, 9.17) is 4.74 Å². The van der Waals surface area contributed by atoms with E-state index in [1.807, 2.05) is 74.5 Å². The minimum atomic E-state index is -3.89. The van der Waals surface area contributed by atoms with Gasteiger partial charge in [0.1, 0.15) is 6.04 Å². The Balaban J connectivity index is 1.73. The molecule has 0 aliphatic rings. The predicted molar refractivity (Wildman–Crippen MR) is 173 cm³/mol. The van der Waals surface area contributed by atoms with Crippen LogP contribution in [0.4, 0.5) is 4.79 Å². The number of rotatable bonds is 17. The van der Waals surface area contributed by atoms with Crippen molar-refractivity contribution in [3.63, 3.8) is 0 Å². The number of hydrogen-bond acceptors (Lipinski definition) is 7. The van der Waals surface area contributed by atoms with Gasteiger partial charge in [0.05, 0.1) is 25.2 Å². The topological polar surface area (TPSA) is 145 Å². The van der Waals surface area contributed by atoms with E-state index in [0.717, 1.165) is 11.1 Å². The molecular formula is C34H45N3O7S. The first-order valence-electron chi connectivity index (χ1n) is 15.2.